The number of nitrogens with one attached hydrogen (secondary N) is 1. The molecule has 0 bridgehead atoms. The molecule has 0 radical (unpaired) electrons. The highest BCUT2D eigenvalue weighted by Crippen LogP contribution is 2.33. The van der Waals surface area contributed by atoms with E-state index < -0.39 is 18.5 Å². The Morgan fingerprint density at radius 3 is 2.56 bits per heavy atom. The summed E-state index contributed by atoms with van der Waals surface area (Å²) in [5, 5.41) is 11.4. The zero-order valence-electron chi connectivity index (χ0n) is 18.4. The van der Waals surface area contributed by atoms with E-state index in [4.69, 9.17) is 19.5 Å². The van der Waals surface area contributed by atoms with Gasteiger partial charge in [0.2, 0.25) is 0 Å². The molecule has 0 atom stereocenters. The molecule has 0 spiro atoms. The summed E-state index contributed by atoms with van der Waals surface area (Å²) in [6, 6.07) is 24.1. The predicted molar refractivity (Wildman–Crippen MR) is 130 cm³/mol. The smallest absolute Gasteiger partial charge is 0.331 e. The van der Waals surface area contributed by atoms with Crippen molar-refractivity contribution in [1.29, 1.82) is 5.26 Å². The van der Waals surface area contributed by atoms with Gasteiger partial charge in [0, 0.05) is 15.9 Å². The number of ether oxygens (including phenoxy) is 3. The number of nitrogens with zero attached hydrogens (tertiary/aromatic N) is 1. The normalized spacial score (nSPS) is 10.4. The van der Waals surface area contributed by atoms with Gasteiger partial charge >= 0.3 is 5.97 Å². The molecule has 3 aromatic rings. The molecule has 8 heteroatoms. The van der Waals surface area contributed by atoms with Gasteiger partial charge in [-0.1, -0.05) is 48.2 Å². The quantitative estimate of drug-likeness (QED) is 0.328. The van der Waals surface area contributed by atoms with Crippen LogP contribution in [-0.2, 0) is 14.3 Å². The number of para-hydroxylation sites is 1. The van der Waals surface area contributed by atoms with Crippen molar-refractivity contribution in [3.63, 3.8) is 0 Å². The fourth-order valence-electron chi connectivity index (χ4n) is 2.83. The van der Waals surface area contributed by atoms with Crippen LogP contribution in [0.5, 0.6) is 11.5 Å². The number of hydrogen-bond acceptors (Lipinski definition) is 7. The number of hydrogen-bond donors (Lipinski definition) is 1. The molecule has 0 unspecified atom stereocenters. The van der Waals surface area contributed by atoms with Gasteiger partial charge in [-0.25, -0.2) is 4.79 Å². The van der Waals surface area contributed by atoms with Gasteiger partial charge in [-0.15, -0.1) is 0 Å². The van der Waals surface area contributed by atoms with Crippen molar-refractivity contribution in [2.75, 3.05) is 25.6 Å². The van der Waals surface area contributed by atoms with Gasteiger partial charge in [0.25, 0.3) is 5.91 Å². The lowest BCUT2D eigenvalue weighted by atomic mass is 10.2. The molecule has 34 heavy (non-hydrogen) atoms. The molecule has 0 aliphatic rings. The Bertz CT molecular complexity index is 1210. The summed E-state index contributed by atoms with van der Waals surface area (Å²) in [6.07, 6.45) is 2.75. The maximum Gasteiger partial charge on any atom is 0.331 e. The van der Waals surface area contributed by atoms with Crippen molar-refractivity contribution in [1.82, 2.24) is 0 Å². The molecule has 3 rings (SSSR count). The predicted octanol–water partition coefficient (Wildman–Crippen LogP) is 4.94. The topological polar surface area (TPSA) is 97.7 Å². The summed E-state index contributed by atoms with van der Waals surface area (Å²) >= 11 is 1.53. The van der Waals surface area contributed by atoms with E-state index in [0.29, 0.717) is 22.7 Å². The summed E-state index contributed by atoms with van der Waals surface area (Å²) in [7, 11) is 1.48. The van der Waals surface area contributed by atoms with E-state index in [0.717, 1.165) is 9.79 Å². The second kappa shape index (κ2) is 12.7. The molecule has 3 aromatic carbocycles. The molecular weight excluding hydrogens is 452 g/mol. The number of methoxy groups -OCH3 is 1. The van der Waals surface area contributed by atoms with Gasteiger partial charge in [0.05, 0.1) is 12.8 Å². The Kier molecular flexibility index (Phi) is 9.14. The Hall–Kier alpha value is -4.22. The number of benzene rings is 3. The number of rotatable bonds is 10. The highest BCUT2D eigenvalue weighted by molar-refractivity contribution is 7.99. The van der Waals surface area contributed by atoms with Crippen molar-refractivity contribution in [3.05, 3.63) is 84.4 Å². The molecule has 0 aliphatic carbocycles. The Balaban J connectivity index is 1.53. The van der Waals surface area contributed by atoms with E-state index >= 15 is 0 Å². The van der Waals surface area contributed by atoms with Crippen LogP contribution in [0.2, 0.25) is 0 Å². The Morgan fingerprint density at radius 2 is 1.79 bits per heavy atom. The molecule has 7 nitrogen and oxygen atoms in total. The van der Waals surface area contributed by atoms with Crippen LogP contribution in [0.3, 0.4) is 0 Å². The van der Waals surface area contributed by atoms with Crippen LogP contribution in [0.1, 0.15) is 5.56 Å². The summed E-state index contributed by atoms with van der Waals surface area (Å²) < 4.78 is 15.6. The first kappa shape index (κ1) is 24.4. The van der Waals surface area contributed by atoms with Gasteiger partial charge < -0.3 is 19.5 Å². The van der Waals surface area contributed by atoms with Crippen molar-refractivity contribution < 1.29 is 23.8 Å². The van der Waals surface area contributed by atoms with E-state index in [9.17, 15) is 9.59 Å². The number of anilines is 1. The summed E-state index contributed by atoms with van der Waals surface area (Å²) in [4.78, 5) is 26.3. The van der Waals surface area contributed by atoms with Gasteiger partial charge in [-0.3, -0.25) is 4.79 Å². The number of nitriles is 1. The minimum Gasteiger partial charge on any atom is -0.493 e. The molecular formula is C26H22N2O5S. The molecule has 0 saturated carbocycles. The fourth-order valence-corrected chi connectivity index (χ4v) is 3.75. The van der Waals surface area contributed by atoms with Crippen molar-refractivity contribution in [3.8, 4) is 17.6 Å². The van der Waals surface area contributed by atoms with Crippen molar-refractivity contribution in [2.45, 2.75) is 9.79 Å². The SMILES string of the molecule is COc1cc(/C=C/C(=O)OCC(=O)Nc2ccccc2Sc2ccccc2)ccc1OCC#N. The van der Waals surface area contributed by atoms with Crippen LogP contribution >= 0.6 is 11.8 Å². The largest absolute Gasteiger partial charge is 0.493 e. The van der Waals surface area contributed by atoms with Gasteiger partial charge in [0.1, 0.15) is 6.07 Å². The molecule has 172 valence electrons. The number of esters is 1. The summed E-state index contributed by atoms with van der Waals surface area (Å²) in [5.41, 5.74) is 1.30. The van der Waals surface area contributed by atoms with Gasteiger partial charge in [-0.2, -0.15) is 5.26 Å². The second-order valence-corrected chi connectivity index (χ2v) is 7.87. The lowest BCUT2D eigenvalue weighted by molar-refractivity contribution is -0.142. The van der Waals surface area contributed by atoms with E-state index in [1.165, 1.54) is 31.0 Å². The van der Waals surface area contributed by atoms with E-state index in [1.807, 2.05) is 54.6 Å². The van der Waals surface area contributed by atoms with Crippen LogP contribution in [0.15, 0.2) is 88.7 Å². The zero-order chi connectivity index (χ0) is 24.2. The molecule has 0 saturated heterocycles. The Morgan fingerprint density at radius 1 is 1.03 bits per heavy atom. The zero-order valence-corrected chi connectivity index (χ0v) is 19.2. The third kappa shape index (κ3) is 7.43. The first-order valence-electron chi connectivity index (χ1n) is 10.2. The molecule has 0 aromatic heterocycles. The third-order valence-electron chi connectivity index (χ3n) is 4.37. The molecule has 0 heterocycles. The standard InChI is InChI=1S/C26H22N2O5S/c1-31-23-17-19(11-13-22(23)32-16-15-27)12-14-26(30)33-18-25(29)28-21-9-5-6-10-24(21)34-20-7-3-2-4-8-20/h2-14,17H,16,18H2,1H3,(H,28,29)/b14-12+. The van der Waals surface area contributed by atoms with E-state index in [2.05, 4.69) is 5.32 Å². The molecule has 1 amide bonds. The average Bonchev–Trinajstić information content (AvgIpc) is 2.87. The van der Waals surface area contributed by atoms with Crippen molar-refractivity contribution in [2.24, 2.45) is 0 Å². The maximum atomic E-state index is 12.3. The van der Waals surface area contributed by atoms with Crippen LogP contribution in [0.4, 0.5) is 5.69 Å². The highest BCUT2D eigenvalue weighted by atomic mass is 32.2. The maximum absolute atomic E-state index is 12.3. The highest BCUT2D eigenvalue weighted by Gasteiger charge is 2.10. The van der Waals surface area contributed by atoms with Gasteiger partial charge in [0.15, 0.2) is 24.7 Å². The number of carbonyl (C=O) groups excluding carboxylic acids is 2. The van der Waals surface area contributed by atoms with Crippen LogP contribution in [0.25, 0.3) is 6.08 Å². The van der Waals surface area contributed by atoms with Crippen LogP contribution < -0.4 is 14.8 Å². The van der Waals surface area contributed by atoms with Gasteiger partial charge in [-0.05, 0) is 48.0 Å². The minimum atomic E-state index is -0.661. The monoisotopic (exact) mass is 474 g/mol. The van der Waals surface area contributed by atoms with Crippen LogP contribution in [-0.4, -0.2) is 32.2 Å². The fraction of sp³-hybridized carbons (Fsp3) is 0.115. The summed E-state index contributed by atoms with van der Waals surface area (Å²) in [6.45, 7) is -0.521. The Labute approximate surface area is 202 Å². The number of amides is 1. The van der Waals surface area contributed by atoms with E-state index in [1.54, 1.807) is 24.3 Å². The molecule has 1 N–H and O–H groups in total. The van der Waals surface area contributed by atoms with E-state index in [-0.39, 0.29) is 6.61 Å². The molecule has 0 fully saturated rings. The van der Waals surface area contributed by atoms with Crippen LogP contribution in [0, 0.1) is 11.3 Å². The lowest BCUT2D eigenvalue weighted by Gasteiger charge is -2.11. The minimum absolute atomic E-state index is 0.102. The first-order chi connectivity index (χ1) is 16.6. The molecule has 0 aliphatic heterocycles. The van der Waals surface area contributed by atoms with Crippen molar-refractivity contribution >= 4 is 35.4 Å². The average molecular weight is 475 g/mol. The lowest BCUT2D eigenvalue weighted by Crippen LogP contribution is -2.20. The third-order valence-corrected chi connectivity index (χ3v) is 5.45. The first-order valence-corrected chi connectivity index (χ1v) is 11.0. The second-order valence-electron chi connectivity index (χ2n) is 6.76. The number of carbonyl (C=O) groups is 2. The summed E-state index contributed by atoms with van der Waals surface area (Å²) in [5.74, 6) is -0.252.